The first-order chi connectivity index (χ1) is 9.26. The zero-order valence-corrected chi connectivity index (χ0v) is 13.1. The van der Waals surface area contributed by atoms with E-state index in [4.69, 9.17) is 9.72 Å². The normalized spacial score (nSPS) is 14.9. The van der Waals surface area contributed by atoms with Crippen LogP contribution in [-0.4, -0.2) is 38.8 Å². The minimum atomic E-state index is 0.728. The van der Waals surface area contributed by atoms with Crippen LogP contribution in [0.5, 0.6) is 0 Å². The van der Waals surface area contributed by atoms with E-state index in [1.165, 1.54) is 23.4 Å². The third kappa shape index (κ3) is 4.16. The van der Waals surface area contributed by atoms with Crippen molar-refractivity contribution in [1.82, 2.24) is 10.3 Å². The van der Waals surface area contributed by atoms with Gasteiger partial charge >= 0.3 is 0 Å². The smallest absolute Gasteiger partial charge is 0.185 e. The van der Waals surface area contributed by atoms with E-state index in [1.807, 2.05) is 11.3 Å². The van der Waals surface area contributed by atoms with E-state index in [-0.39, 0.29) is 0 Å². The number of hydrogen-bond donors (Lipinski definition) is 1. The van der Waals surface area contributed by atoms with E-state index in [2.05, 4.69) is 24.2 Å². The molecular weight excluding hydrogens is 258 g/mol. The van der Waals surface area contributed by atoms with Crippen molar-refractivity contribution in [3.63, 3.8) is 0 Å². The molecule has 1 aliphatic carbocycles. The van der Waals surface area contributed by atoms with Gasteiger partial charge in [-0.05, 0) is 25.8 Å². The third-order valence-electron chi connectivity index (χ3n) is 3.38. The molecule has 1 aliphatic rings. The van der Waals surface area contributed by atoms with Crippen LogP contribution < -0.4 is 10.2 Å². The van der Waals surface area contributed by atoms with Crippen molar-refractivity contribution in [2.24, 2.45) is 0 Å². The first kappa shape index (κ1) is 14.8. The largest absolute Gasteiger partial charge is 0.385 e. The van der Waals surface area contributed by atoms with E-state index in [9.17, 15) is 0 Å². The second kappa shape index (κ2) is 7.22. The lowest BCUT2D eigenvalue weighted by molar-refractivity contribution is 0.196. The van der Waals surface area contributed by atoms with Gasteiger partial charge in [-0.2, -0.15) is 0 Å². The molecule has 1 heterocycles. The number of methoxy groups -OCH3 is 1. The number of thiazole rings is 1. The summed E-state index contributed by atoms with van der Waals surface area (Å²) in [7, 11) is 3.88. The molecule has 0 spiro atoms. The van der Waals surface area contributed by atoms with Gasteiger partial charge in [-0.15, -0.1) is 11.3 Å². The van der Waals surface area contributed by atoms with Crippen LogP contribution in [-0.2, 0) is 11.3 Å². The fourth-order valence-corrected chi connectivity index (χ4v) is 3.20. The second-order valence-corrected chi connectivity index (χ2v) is 6.19. The van der Waals surface area contributed by atoms with Crippen LogP contribution in [0.3, 0.4) is 0 Å². The molecule has 2 rings (SSSR count). The van der Waals surface area contributed by atoms with Crippen LogP contribution in [0.2, 0.25) is 0 Å². The Hall–Kier alpha value is -0.650. The standard InChI is InChI=1S/C14H25N3OS/c1-4-15-10-12-13(11-6-7-11)16-14(19-12)17(2)8-5-9-18-3/h11,15H,4-10H2,1-3H3. The maximum absolute atomic E-state index is 5.10. The van der Waals surface area contributed by atoms with Gasteiger partial charge in [-0.25, -0.2) is 4.98 Å². The minimum absolute atomic E-state index is 0.728. The van der Waals surface area contributed by atoms with Crippen molar-refractivity contribution >= 4 is 16.5 Å². The average molecular weight is 283 g/mol. The predicted molar refractivity (Wildman–Crippen MR) is 81.2 cm³/mol. The van der Waals surface area contributed by atoms with Crippen molar-refractivity contribution in [3.8, 4) is 0 Å². The fourth-order valence-electron chi connectivity index (χ4n) is 2.10. The van der Waals surface area contributed by atoms with Crippen LogP contribution in [0.25, 0.3) is 0 Å². The molecule has 1 fully saturated rings. The number of anilines is 1. The lowest BCUT2D eigenvalue weighted by Crippen LogP contribution is -2.19. The van der Waals surface area contributed by atoms with E-state index in [1.54, 1.807) is 7.11 Å². The lowest BCUT2D eigenvalue weighted by atomic mass is 10.2. The van der Waals surface area contributed by atoms with E-state index in [0.717, 1.165) is 43.7 Å². The van der Waals surface area contributed by atoms with Crippen LogP contribution in [0.1, 0.15) is 42.7 Å². The predicted octanol–water partition coefficient (Wildman–Crippen LogP) is 2.60. The number of aromatic nitrogens is 1. The van der Waals surface area contributed by atoms with Gasteiger partial charge in [0.25, 0.3) is 0 Å². The Kier molecular flexibility index (Phi) is 5.60. The minimum Gasteiger partial charge on any atom is -0.385 e. The van der Waals surface area contributed by atoms with Gasteiger partial charge in [0.05, 0.1) is 5.69 Å². The van der Waals surface area contributed by atoms with Gasteiger partial charge in [0.15, 0.2) is 5.13 Å². The van der Waals surface area contributed by atoms with E-state index < -0.39 is 0 Å². The first-order valence-electron chi connectivity index (χ1n) is 7.16. The Bertz CT molecular complexity index is 390. The SMILES string of the molecule is CCNCc1sc(N(C)CCCOC)nc1C1CC1. The van der Waals surface area contributed by atoms with E-state index in [0.29, 0.717) is 0 Å². The fraction of sp³-hybridized carbons (Fsp3) is 0.786. The van der Waals surface area contributed by atoms with Crippen LogP contribution in [0, 0.1) is 0 Å². The monoisotopic (exact) mass is 283 g/mol. The molecule has 0 radical (unpaired) electrons. The molecule has 0 saturated heterocycles. The Balaban J connectivity index is 1.99. The van der Waals surface area contributed by atoms with Crippen molar-refractivity contribution in [1.29, 1.82) is 0 Å². The topological polar surface area (TPSA) is 37.4 Å². The number of ether oxygens (including phenoxy) is 1. The molecule has 5 heteroatoms. The maximum atomic E-state index is 5.10. The summed E-state index contributed by atoms with van der Waals surface area (Å²) in [5, 5.41) is 4.58. The molecule has 0 amide bonds. The Morgan fingerprint density at radius 2 is 2.26 bits per heavy atom. The summed E-state index contributed by atoms with van der Waals surface area (Å²) in [6.45, 7) is 5.95. The van der Waals surface area contributed by atoms with Crippen molar-refractivity contribution < 1.29 is 4.74 Å². The van der Waals surface area contributed by atoms with Gasteiger partial charge in [0, 0.05) is 44.6 Å². The summed E-state index contributed by atoms with van der Waals surface area (Å²) in [4.78, 5) is 8.55. The highest BCUT2D eigenvalue weighted by Crippen LogP contribution is 2.44. The number of hydrogen-bond acceptors (Lipinski definition) is 5. The molecule has 0 unspecified atom stereocenters. The molecule has 1 saturated carbocycles. The molecule has 4 nitrogen and oxygen atoms in total. The zero-order chi connectivity index (χ0) is 13.7. The molecule has 0 atom stereocenters. The van der Waals surface area contributed by atoms with Gasteiger partial charge in [-0.1, -0.05) is 6.92 Å². The molecule has 1 aromatic heterocycles. The highest BCUT2D eigenvalue weighted by molar-refractivity contribution is 7.15. The van der Waals surface area contributed by atoms with Crippen molar-refractivity contribution in [2.75, 3.05) is 38.8 Å². The van der Waals surface area contributed by atoms with Gasteiger partial charge in [0.1, 0.15) is 0 Å². The molecule has 0 aliphatic heterocycles. The van der Waals surface area contributed by atoms with Gasteiger partial charge in [-0.3, -0.25) is 0 Å². The van der Waals surface area contributed by atoms with Crippen molar-refractivity contribution in [2.45, 2.75) is 38.6 Å². The highest BCUT2D eigenvalue weighted by atomic mass is 32.1. The van der Waals surface area contributed by atoms with Crippen LogP contribution >= 0.6 is 11.3 Å². The summed E-state index contributed by atoms with van der Waals surface area (Å²) >= 11 is 1.85. The molecule has 1 N–H and O–H groups in total. The zero-order valence-electron chi connectivity index (χ0n) is 12.2. The molecule has 108 valence electrons. The van der Waals surface area contributed by atoms with Gasteiger partial charge in [0.2, 0.25) is 0 Å². The summed E-state index contributed by atoms with van der Waals surface area (Å²) in [6.07, 6.45) is 3.68. The summed E-state index contributed by atoms with van der Waals surface area (Å²) in [5.74, 6) is 0.728. The first-order valence-corrected chi connectivity index (χ1v) is 7.98. The third-order valence-corrected chi connectivity index (χ3v) is 4.57. The summed E-state index contributed by atoms with van der Waals surface area (Å²) < 4.78 is 5.10. The number of nitrogens with one attached hydrogen (secondary N) is 1. The average Bonchev–Trinajstić information content (AvgIpc) is 3.17. The van der Waals surface area contributed by atoms with Crippen LogP contribution in [0.15, 0.2) is 0 Å². The Morgan fingerprint density at radius 1 is 1.47 bits per heavy atom. The Labute approximate surface area is 120 Å². The number of rotatable bonds is 9. The molecule has 0 bridgehead atoms. The molecular formula is C14H25N3OS. The number of nitrogens with zero attached hydrogens (tertiary/aromatic N) is 2. The Morgan fingerprint density at radius 3 is 2.89 bits per heavy atom. The summed E-state index contributed by atoms with van der Waals surface area (Å²) in [6, 6.07) is 0. The molecule has 1 aromatic rings. The van der Waals surface area contributed by atoms with Crippen molar-refractivity contribution in [3.05, 3.63) is 10.6 Å². The summed E-state index contributed by atoms with van der Waals surface area (Å²) in [5.41, 5.74) is 1.35. The maximum Gasteiger partial charge on any atom is 0.185 e. The van der Waals surface area contributed by atoms with E-state index >= 15 is 0 Å². The lowest BCUT2D eigenvalue weighted by Gasteiger charge is -2.14. The highest BCUT2D eigenvalue weighted by Gasteiger charge is 2.29. The molecule has 0 aromatic carbocycles. The van der Waals surface area contributed by atoms with Gasteiger partial charge < -0.3 is 15.0 Å². The van der Waals surface area contributed by atoms with Crippen LogP contribution in [0.4, 0.5) is 5.13 Å². The second-order valence-electron chi connectivity index (χ2n) is 5.13. The molecule has 19 heavy (non-hydrogen) atoms. The quantitative estimate of drug-likeness (QED) is 0.707.